The molecule has 0 aliphatic carbocycles. The van der Waals surface area contributed by atoms with Crippen molar-refractivity contribution >= 4 is 29.2 Å². The average molecular weight is 370 g/mol. The van der Waals surface area contributed by atoms with Gasteiger partial charge in [-0.1, -0.05) is 35.9 Å². The topological polar surface area (TPSA) is 55.8 Å². The lowest BCUT2D eigenvalue weighted by Gasteiger charge is -2.32. The van der Waals surface area contributed by atoms with Crippen LogP contribution in [-0.2, 0) is 14.3 Å². The van der Waals surface area contributed by atoms with Crippen LogP contribution in [0.15, 0.2) is 59.8 Å². The number of anilines is 1. The van der Waals surface area contributed by atoms with Crippen LogP contribution in [0.1, 0.15) is 17.9 Å². The molecule has 132 valence electrons. The fourth-order valence-electron chi connectivity index (χ4n) is 3.59. The van der Waals surface area contributed by atoms with E-state index < -0.39 is 5.97 Å². The Labute approximate surface area is 155 Å². The normalized spacial score (nSPS) is 19.5. The largest absolute Gasteiger partial charge is 0.496 e. The smallest absolute Gasteiger partial charge is 0.336 e. The molecule has 0 radical (unpaired) electrons. The summed E-state index contributed by atoms with van der Waals surface area (Å²) in [6.45, 7) is 0.0675. The highest BCUT2D eigenvalue weighted by molar-refractivity contribution is 6.31. The third-order valence-electron chi connectivity index (χ3n) is 4.70. The lowest BCUT2D eigenvalue weighted by Crippen LogP contribution is -2.37. The van der Waals surface area contributed by atoms with Crippen LogP contribution in [0.4, 0.5) is 5.69 Å². The van der Waals surface area contributed by atoms with E-state index in [0.29, 0.717) is 27.7 Å². The van der Waals surface area contributed by atoms with Gasteiger partial charge in [-0.3, -0.25) is 9.69 Å². The number of carbonyl (C=O) groups excluding carboxylic acids is 2. The van der Waals surface area contributed by atoms with E-state index in [1.807, 2.05) is 24.3 Å². The first-order valence-corrected chi connectivity index (χ1v) is 8.59. The molecule has 0 saturated carbocycles. The second-order valence-corrected chi connectivity index (χ2v) is 6.58. The Morgan fingerprint density at radius 1 is 1.15 bits per heavy atom. The van der Waals surface area contributed by atoms with Crippen molar-refractivity contribution in [1.29, 1.82) is 0 Å². The number of carbonyl (C=O) groups is 2. The Bertz CT molecular complexity index is 937. The molecular formula is C20H16ClNO4. The van der Waals surface area contributed by atoms with Gasteiger partial charge in [0.05, 0.1) is 24.1 Å². The summed E-state index contributed by atoms with van der Waals surface area (Å²) >= 11 is 6.08. The molecule has 0 saturated heterocycles. The minimum Gasteiger partial charge on any atom is -0.496 e. The van der Waals surface area contributed by atoms with E-state index in [2.05, 4.69) is 0 Å². The molecule has 0 bridgehead atoms. The molecule has 2 aromatic carbocycles. The number of rotatable bonds is 3. The van der Waals surface area contributed by atoms with Crippen LogP contribution < -0.4 is 9.64 Å². The maximum absolute atomic E-state index is 13.0. The van der Waals surface area contributed by atoms with Crippen LogP contribution in [0.2, 0.25) is 5.02 Å². The molecule has 6 heteroatoms. The summed E-state index contributed by atoms with van der Waals surface area (Å²) < 4.78 is 10.7. The Morgan fingerprint density at radius 3 is 2.73 bits per heavy atom. The number of nitrogens with zero attached hydrogens (tertiary/aromatic N) is 1. The van der Waals surface area contributed by atoms with Gasteiger partial charge in [-0.15, -0.1) is 0 Å². The number of hydrogen-bond acceptors (Lipinski definition) is 4. The van der Waals surface area contributed by atoms with Crippen molar-refractivity contribution in [2.24, 2.45) is 0 Å². The average Bonchev–Trinajstić information content (AvgIpc) is 3.02. The van der Waals surface area contributed by atoms with Gasteiger partial charge in [-0.25, -0.2) is 4.79 Å². The highest BCUT2D eigenvalue weighted by Crippen LogP contribution is 2.44. The summed E-state index contributed by atoms with van der Waals surface area (Å²) in [5.41, 5.74) is 2.52. The number of methoxy groups -OCH3 is 1. The van der Waals surface area contributed by atoms with Crippen LogP contribution >= 0.6 is 11.6 Å². The Balaban J connectivity index is 1.86. The molecule has 1 unspecified atom stereocenters. The number of hydrogen-bond donors (Lipinski definition) is 0. The zero-order valence-corrected chi connectivity index (χ0v) is 14.8. The van der Waals surface area contributed by atoms with Crippen LogP contribution in [0, 0.1) is 0 Å². The standard InChI is InChI=1S/C20H16ClNO4/c1-25-17-8-3-2-7-14(17)15-10-18(23)22(13-6-4-5-12(21)9-13)16-11-26-20(24)19(15)16/h2-9,15H,10-11H2,1H3. The number of ether oxygens (including phenoxy) is 2. The van der Waals surface area contributed by atoms with Gasteiger partial charge in [0.1, 0.15) is 12.4 Å². The van der Waals surface area contributed by atoms with Crippen molar-refractivity contribution in [2.75, 3.05) is 18.6 Å². The summed E-state index contributed by atoms with van der Waals surface area (Å²) in [7, 11) is 1.57. The third kappa shape index (κ3) is 2.65. The summed E-state index contributed by atoms with van der Waals surface area (Å²) in [5, 5.41) is 0.523. The first-order valence-electron chi connectivity index (χ1n) is 8.21. The molecule has 2 aromatic rings. The highest BCUT2D eigenvalue weighted by atomic mass is 35.5. The van der Waals surface area contributed by atoms with Gasteiger partial charge in [-0.2, -0.15) is 0 Å². The van der Waals surface area contributed by atoms with E-state index in [-0.39, 0.29) is 24.9 Å². The molecule has 5 nitrogen and oxygen atoms in total. The van der Waals surface area contributed by atoms with E-state index in [4.69, 9.17) is 21.1 Å². The molecule has 0 N–H and O–H groups in total. The molecule has 1 atom stereocenters. The molecule has 26 heavy (non-hydrogen) atoms. The Morgan fingerprint density at radius 2 is 1.96 bits per heavy atom. The fourth-order valence-corrected chi connectivity index (χ4v) is 3.77. The molecule has 4 rings (SSSR count). The number of cyclic esters (lactones) is 1. The predicted molar refractivity (Wildman–Crippen MR) is 97.3 cm³/mol. The summed E-state index contributed by atoms with van der Waals surface area (Å²) in [6.07, 6.45) is 0.154. The van der Waals surface area contributed by atoms with Gasteiger partial charge < -0.3 is 9.47 Å². The first-order chi connectivity index (χ1) is 12.6. The number of benzene rings is 2. The van der Waals surface area contributed by atoms with Gasteiger partial charge in [0, 0.05) is 22.9 Å². The minimum absolute atomic E-state index is 0.0675. The zero-order chi connectivity index (χ0) is 18.3. The second kappa shape index (κ2) is 6.50. The summed E-state index contributed by atoms with van der Waals surface area (Å²) in [4.78, 5) is 27.0. The van der Waals surface area contributed by atoms with Crippen molar-refractivity contribution < 1.29 is 19.1 Å². The van der Waals surface area contributed by atoms with Crippen LogP contribution in [0.5, 0.6) is 5.75 Å². The molecule has 1 amide bonds. The van der Waals surface area contributed by atoms with Crippen LogP contribution in [0.3, 0.4) is 0 Å². The molecule has 2 heterocycles. The number of halogens is 1. The molecule has 0 spiro atoms. The maximum atomic E-state index is 13.0. The van der Waals surface area contributed by atoms with E-state index in [1.165, 1.54) is 4.90 Å². The summed E-state index contributed by atoms with van der Waals surface area (Å²) in [5.74, 6) is -0.247. The van der Waals surface area contributed by atoms with Gasteiger partial charge >= 0.3 is 5.97 Å². The van der Waals surface area contributed by atoms with E-state index in [9.17, 15) is 9.59 Å². The van der Waals surface area contributed by atoms with Crippen molar-refractivity contribution in [3.8, 4) is 5.75 Å². The van der Waals surface area contributed by atoms with E-state index in [1.54, 1.807) is 31.4 Å². The Kier molecular flexibility index (Phi) is 4.17. The van der Waals surface area contributed by atoms with Crippen molar-refractivity contribution in [1.82, 2.24) is 0 Å². The van der Waals surface area contributed by atoms with E-state index >= 15 is 0 Å². The van der Waals surface area contributed by atoms with Crippen molar-refractivity contribution in [3.05, 3.63) is 70.4 Å². The van der Waals surface area contributed by atoms with Crippen molar-refractivity contribution in [3.63, 3.8) is 0 Å². The predicted octanol–water partition coefficient (Wildman–Crippen LogP) is 3.68. The van der Waals surface area contributed by atoms with Crippen LogP contribution in [-0.4, -0.2) is 25.6 Å². The minimum atomic E-state index is -0.393. The molecule has 2 aliphatic rings. The van der Waals surface area contributed by atoms with E-state index in [0.717, 1.165) is 5.56 Å². The third-order valence-corrected chi connectivity index (χ3v) is 4.93. The summed E-state index contributed by atoms with van der Waals surface area (Å²) in [6, 6.07) is 14.4. The van der Waals surface area contributed by atoms with Crippen LogP contribution in [0.25, 0.3) is 0 Å². The molecule has 0 aromatic heterocycles. The van der Waals surface area contributed by atoms with Gasteiger partial charge in [0.25, 0.3) is 0 Å². The monoisotopic (exact) mass is 369 g/mol. The van der Waals surface area contributed by atoms with Gasteiger partial charge in [0.2, 0.25) is 5.91 Å². The number of para-hydroxylation sites is 1. The van der Waals surface area contributed by atoms with Crippen molar-refractivity contribution in [2.45, 2.75) is 12.3 Å². The maximum Gasteiger partial charge on any atom is 0.336 e. The second-order valence-electron chi connectivity index (χ2n) is 6.14. The number of esters is 1. The highest BCUT2D eigenvalue weighted by Gasteiger charge is 2.43. The molecular weight excluding hydrogens is 354 g/mol. The quantitative estimate of drug-likeness (QED) is 0.774. The Hall–Kier alpha value is -2.79. The van der Waals surface area contributed by atoms with Gasteiger partial charge in [0.15, 0.2) is 0 Å². The number of amides is 1. The first kappa shape index (κ1) is 16.7. The molecule has 2 aliphatic heterocycles. The SMILES string of the molecule is COc1ccccc1C1CC(=O)N(c2cccc(Cl)c2)C2=C1C(=O)OC2. The van der Waals surface area contributed by atoms with Gasteiger partial charge in [-0.05, 0) is 24.3 Å². The fraction of sp³-hybridized carbons (Fsp3) is 0.200. The lowest BCUT2D eigenvalue weighted by atomic mass is 9.83. The lowest BCUT2D eigenvalue weighted by molar-refractivity contribution is -0.136. The molecule has 0 fully saturated rings. The zero-order valence-electron chi connectivity index (χ0n) is 14.1.